The van der Waals surface area contributed by atoms with E-state index in [4.69, 9.17) is 11.5 Å². The van der Waals surface area contributed by atoms with Gasteiger partial charge in [-0.15, -0.1) is 5.10 Å². The average Bonchev–Trinajstić information content (AvgIpc) is 2.86. The van der Waals surface area contributed by atoms with Crippen LogP contribution < -0.4 is 11.5 Å². The van der Waals surface area contributed by atoms with Crippen molar-refractivity contribution < 1.29 is 0 Å². The van der Waals surface area contributed by atoms with Gasteiger partial charge in [0.25, 0.3) is 0 Å². The Bertz CT molecular complexity index is 557. The zero-order valence-corrected chi connectivity index (χ0v) is 12.2. The van der Waals surface area contributed by atoms with Crippen molar-refractivity contribution in [3.05, 3.63) is 18.2 Å². The molecule has 0 aliphatic heterocycles. The monoisotopic (exact) mass is 274 g/mol. The van der Waals surface area contributed by atoms with Gasteiger partial charge >= 0.3 is 0 Å². The van der Waals surface area contributed by atoms with Gasteiger partial charge in [-0.05, 0) is 47.9 Å². The Hall–Kier alpha value is -2.11. The summed E-state index contributed by atoms with van der Waals surface area (Å²) >= 11 is 0. The molecule has 4 N–H and O–H groups in total. The maximum absolute atomic E-state index is 5.84. The van der Waals surface area contributed by atoms with Crippen LogP contribution >= 0.6 is 0 Å². The molecule has 0 aliphatic carbocycles. The molecule has 2 rings (SSSR count). The van der Waals surface area contributed by atoms with Gasteiger partial charge in [-0.1, -0.05) is 20.3 Å². The first-order valence-corrected chi connectivity index (χ1v) is 6.95. The van der Waals surface area contributed by atoms with Gasteiger partial charge in [0.15, 0.2) is 5.82 Å². The molecule has 20 heavy (non-hydrogen) atoms. The van der Waals surface area contributed by atoms with Crippen molar-refractivity contribution in [2.45, 2.75) is 39.7 Å². The summed E-state index contributed by atoms with van der Waals surface area (Å²) in [4.78, 5) is 0. The lowest BCUT2D eigenvalue weighted by Crippen LogP contribution is -2.12. The van der Waals surface area contributed by atoms with Crippen molar-refractivity contribution >= 4 is 11.4 Å². The molecule has 108 valence electrons. The van der Waals surface area contributed by atoms with Crippen LogP contribution in [-0.2, 0) is 0 Å². The Morgan fingerprint density at radius 2 is 1.80 bits per heavy atom. The molecule has 1 aromatic heterocycles. The zero-order valence-electron chi connectivity index (χ0n) is 12.2. The second kappa shape index (κ2) is 5.90. The highest BCUT2D eigenvalue weighted by Crippen LogP contribution is 2.26. The molecule has 0 saturated heterocycles. The van der Waals surface area contributed by atoms with Crippen molar-refractivity contribution in [1.82, 2.24) is 20.2 Å². The number of hydrogen-bond acceptors (Lipinski definition) is 5. The van der Waals surface area contributed by atoms with E-state index < -0.39 is 0 Å². The molecule has 6 heteroatoms. The lowest BCUT2D eigenvalue weighted by molar-refractivity contribution is 0.371. The van der Waals surface area contributed by atoms with Gasteiger partial charge in [-0.25, -0.2) is 4.68 Å². The van der Waals surface area contributed by atoms with Crippen LogP contribution in [0.3, 0.4) is 0 Å². The molecule has 0 aliphatic rings. The van der Waals surface area contributed by atoms with Gasteiger partial charge in [0.1, 0.15) is 0 Å². The van der Waals surface area contributed by atoms with Crippen LogP contribution in [0.15, 0.2) is 18.2 Å². The number of aromatic nitrogens is 4. The fourth-order valence-electron chi connectivity index (χ4n) is 2.34. The number of nitrogen functional groups attached to an aromatic ring is 2. The van der Waals surface area contributed by atoms with E-state index in [2.05, 4.69) is 36.3 Å². The Morgan fingerprint density at radius 3 is 2.40 bits per heavy atom. The molecule has 0 fully saturated rings. The minimum Gasteiger partial charge on any atom is -0.399 e. The number of rotatable bonds is 5. The van der Waals surface area contributed by atoms with E-state index in [0.717, 1.165) is 18.4 Å². The smallest absolute Gasteiger partial charge is 0.182 e. The van der Waals surface area contributed by atoms with Gasteiger partial charge in [-0.2, -0.15) is 0 Å². The average molecular weight is 274 g/mol. The number of anilines is 2. The van der Waals surface area contributed by atoms with Crippen molar-refractivity contribution in [2.24, 2.45) is 5.92 Å². The third-order valence-corrected chi connectivity index (χ3v) is 3.59. The Morgan fingerprint density at radius 1 is 1.15 bits per heavy atom. The molecule has 0 radical (unpaired) electrons. The minimum absolute atomic E-state index is 0.234. The fourth-order valence-corrected chi connectivity index (χ4v) is 2.34. The minimum atomic E-state index is 0.234. The molecule has 0 bridgehead atoms. The predicted octanol–water partition coefficient (Wildman–Crippen LogP) is 2.50. The van der Waals surface area contributed by atoms with E-state index in [1.807, 2.05) is 16.8 Å². The standard InChI is InChI=1S/C14H22N6/c1-4-9(2)5-10(3)20-14(17-18-19-20)11-6-12(15)8-13(16)7-11/h6-10H,4-5,15-16H2,1-3H3. The molecule has 1 heterocycles. The Balaban J connectivity index is 2.32. The molecule has 2 unspecified atom stereocenters. The highest BCUT2D eigenvalue weighted by atomic mass is 15.5. The van der Waals surface area contributed by atoms with Crippen LogP contribution in [0.2, 0.25) is 0 Å². The summed E-state index contributed by atoms with van der Waals surface area (Å²) in [6, 6.07) is 5.64. The zero-order chi connectivity index (χ0) is 14.7. The summed E-state index contributed by atoms with van der Waals surface area (Å²) in [5.74, 6) is 1.34. The maximum Gasteiger partial charge on any atom is 0.182 e. The predicted molar refractivity (Wildman–Crippen MR) is 80.9 cm³/mol. The summed E-state index contributed by atoms with van der Waals surface area (Å²) in [5, 5.41) is 12.0. The van der Waals surface area contributed by atoms with E-state index in [1.165, 1.54) is 0 Å². The van der Waals surface area contributed by atoms with Gasteiger partial charge in [0.05, 0.1) is 6.04 Å². The van der Waals surface area contributed by atoms with Crippen molar-refractivity contribution in [3.63, 3.8) is 0 Å². The molecule has 0 amide bonds. The number of tetrazole rings is 1. The fraction of sp³-hybridized carbons (Fsp3) is 0.500. The van der Waals surface area contributed by atoms with Crippen molar-refractivity contribution in [1.29, 1.82) is 0 Å². The van der Waals surface area contributed by atoms with E-state index in [0.29, 0.717) is 23.1 Å². The first kappa shape index (κ1) is 14.3. The van der Waals surface area contributed by atoms with Crippen LogP contribution in [0.1, 0.15) is 39.7 Å². The normalized spacial score (nSPS) is 14.2. The molecule has 1 aromatic carbocycles. The summed E-state index contributed by atoms with van der Waals surface area (Å²) in [6.07, 6.45) is 2.18. The highest BCUT2D eigenvalue weighted by Gasteiger charge is 2.17. The first-order chi connectivity index (χ1) is 9.51. The summed E-state index contributed by atoms with van der Waals surface area (Å²) < 4.78 is 1.85. The van der Waals surface area contributed by atoms with Crippen molar-refractivity contribution in [2.75, 3.05) is 11.5 Å². The molecule has 0 spiro atoms. The van der Waals surface area contributed by atoms with E-state index in [-0.39, 0.29) is 6.04 Å². The third-order valence-electron chi connectivity index (χ3n) is 3.59. The Kier molecular flexibility index (Phi) is 4.22. The lowest BCUT2D eigenvalue weighted by atomic mass is 10.0. The number of nitrogens with two attached hydrogens (primary N) is 2. The van der Waals surface area contributed by atoms with Gasteiger partial charge in [-0.3, -0.25) is 0 Å². The molecular formula is C14H22N6. The topological polar surface area (TPSA) is 95.6 Å². The van der Waals surface area contributed by atoms with Gasteiger partial charge in [0.2, 0.25) is 0 Å². The Labute approximate surface area is 119 Å². The molecule has 2 atom stereocenters. The van der Waals surface area contributed by atoms with Crippen LogP contribution in [0.25, 0.3) is 11.4 Å². The molecule has 0 saturated carbocycles. The van der Waals surface area contributed by atoms with E-state index >= 15 is 0 Å². The van der Waals surface area contributed by atoms with Gasteiger partial charge < -0.3 is 11.5 Å². The van der Waals surface area contributed by atoms with Crippen LogP contribution in [0, 0.1) is 5.92 Å². The summed E-state index contributed by atoms with van der Waals surface area (Å²) in [7, 11) is 0. The number of hydrogen-bond donors (Lipinski definition) is 2. The molecular weight excluding hydrogens is 252 g/mol. The van der Waals surface area contributed by atoms with Gasteiger partial charge in [0, 0.05) is 16.9 Å². The molecule has 2 aromatic rings. The van der Waals surface area contributed by atoms with Crippen LogP contribution in [0.5, 0.6) is 0 Å². The van der Waals surface area contributed by atoms with E-state index in [9.17, 15) is 0 Å². The quantitative estimate of drug-likeness (QED) is 0.817. The number of benzene rings is 1. The van der Waals surface area contributed by atoms with Crippen LogP contribution in [0.4, 0.5) is 11.4 Å². The third kappa shape index (κ3) is 3.07. The lowest BCUT2D eigenvalue weighted by Gasteiger charge is -2.17. The summed E-state index contributed by atoms with van der Waals surface area (Å²) in [5.41, 5.74) is 13.8. The summed E-state index contributed by atoms with van der Waals surface area (Å²) in [6.45, 7) is 6.55. The SMILES string of the molecule is CCC(C)CC(C)n1nnnc1-c1cc(N)cc(N)c1. The largest absolute Gasteiger partial charge is 0.399 e. The number of nitrogens with zero attached hydrogens (tertiary/aromatic N) is 4. The maximum atomic E-state index is 5.84. The highest BCUT2D eigenvalue weighted by molar-refractivity contribution is 5.67. The second-order valence-electron chi connectivity index (χ2n) is 5.43. The first-order valence-electron chi connectivity index (χ1n) is 6.95. The second-order valence-corrected chi connectivity index (χ2v) is 5.43. The molecule has 6 nitrogen and oxygen atoms in total. The van der Waals surface area contributed by atoms with Crippen molar-refractivity contribution in [3.8, 4) is 11.4 Å². The van der Waals surface area contributed by atoms with Crippen LogP contribution in [-0.4, -0.2) is 20.2 Å². The van der Waals surface area contributed by atoms with E-state index in [1.54, 1.807) is 6.07 Å².